The largest absolute Gasteiger partial charge is 0.388 e. The minimum absolute atomic E-state index is 0.242. The van der Waals surface area contributed by atoms with Crippen LogP contribution in [0, 0.1) is 11.3 Å². The lowest BCUT2D eigenvalue weighted by Gasteiger charge is -2.34. The Morgan fingerprint density at radius 1 is 1.44 bits per heavy atom. The lowest BCUT2D eigenvalue weighted by molar-refractivity contribution is 0.0978. The predicted molar refractivity (Wildman–Crippen MR) is 64.2 cm³/mol. The van der Waals surface area contributed by atoms with Crippen LogP contribution in [-0.4, -0.2) is 9.67 Å². The van der Waals surface area contributed by atoms with E-state index in [9.17, 15) is 5.11 Å². The molecule has 1 unspecified atom stereocenters. The Labute approximate surface area is 97.3 Å². The second kappa shape index (κ2) is 3.36. The van der Waals surface area contributed by atoms with Crippen molar-refractivity contribution in [3.05, 3.63) is 23.5 Å². The van der Waals surface area contributed by atoms with Crippen LogP contribution >= 0.6 is 0 Å². The van der Waals surface area contributed by atoms with Gasteiger partial charge in [-0.25, -0.2) is 0 Å². The molecular formula is C14H21NO. The van der Waals surface area contributed by atoms with Crippen LogP contribution in [0.15, 0.2) is 12.3 Å². The number of aromatic nitrogens is 1. The topological polar surface area (TPSA) is 25.2 Å². The van der Waals surface area contributed by atoms with Crippen LogP contribution < -0.4 is 0 Å². The Morgan fingerprint density at radius 3 is 2.88 bits per heavy atom. The molecule has 0 saturated heterocycles. The van der Waals surface area contributed by atoms with Gasteiger partial charge >= 0.3 is 0 Å². The quantitative estimate of drug-likeness (QED) is 0.813. The third kappa shape index (κ3) is 1.80. The SMILES string of the molecule is CC1(C)Cc2c(ccn2CC2CC2)C(O)C1. The van der Waals surface area contributed by atoms with E-state index in [1.807, 2.05) is 0 Å². The summed E-state index contributed by atoms with van der Waals surface area (Å²) in [7, 11) is 0. The molecule has 2 aliphatic carbocycles. The van der Waals surface area contributed by atoms with Gasteiger partial charge < -0.3 is 9.67 Å². The van der Waals surface area contributed by atoms with Crippen molar-refractivity contribution < 1.29 is 5.11 Å². The predicted octanol–water partition coefficient (Wildman–Crippen LogP) is 2.90. The van der Waals surface area contributed by atoms with Gasteiger partial charge in [0.05, 0.1) is 6.10 Å². The first-order valence-electron chi connectivity index (χ1n) is 6.41. The molecule has 16 heavy (non-hydrogen) atoms. The molecule has 1 aromatic heterocycles. The summed E-state index contributed by atoms with van der Waals surface area (Å²) >= 11 is 0. The van der Waals surface area contributed by atoms with Crippen LogP contribution in [0.1, 0.15) is 50.5 Å². The van der Waals surface area contributed by atoms with Gasteiger partial charge in [0, 0.05) is 24.0 Å². The molecule has 1 saturated carbocycles. The molecule has 0 amide bonds. The van der Waals surface area contributed by atoms with E-state index in [0.717, 1.165) is 25.3 Å². The van der Waals surface area contributed by atoms with Crippen LogP contribution in [0.2, 0.25) is 0 Å². The van der Waals surface area contributed by atoms with Gasteiger partial charge in [-0.15, -0.1) is 0 Å². The normalized spacial score (nSPS) is 27.8. The summed E-state index contributed by atoms with van der Waals surface area (Å²) in [5, 5.41) is 10.1. The molecule has 1 heterocycles. The van der Waals surface area contributed by atoms with Crippen LogP contribution in [0.4, 0.5) is 0 Å². The second-order valence-corrected chi connectivity index (χ2v) is 6.37. The van der Waals surface area contributed by atoms with Gasteiger partial charge in [0.1, 0.15) is 0 Å². The average molecular weight is 219 g/mol. The molecule has 0 aliphatic heterocycles. The Hall–Kier alpha value is -0.760. The van der Waals surface area contributed by atoms with Crippen LogP contribution in [0.5, 0.6) is 0 Å². The van der Waals surface area contributed by atoms with Gasteiger partial charge in [-0.1, -0.05) is 13.8 Å². The van der Waals surface area contributed by atoms with E-state index in [-0.39, 0.29) is 11.5 Å². The Bertz CT molecular complexity index is 401. The minimum Gasteiger partial charge on any atom is -0.388 e. The van der Waals surface area contributed by atoms with Gasteiger partial charge in [-0.05, 0) is 43.1 Å². The molecule has 88 valence electrons. The summed E-state index contributed by atoms with van der Waals surface area (Å²) in [5.74, 6) is 0.902. The van der Waals surface area contributed by atoms with Gasteiger partial charge in [0.25, 0.3) is 0 Å². The van der Waals surface area contributed by atoms with Gasteiger partial charge in [0.15, 0.2) is 0 Å². The average Bonchev–Trinajstić information content (AvgIpc) is 2.88. The zero-order chi connectivity index (χ0) is 11.3. The lowest BCUT2D eigenvalue weighted by atomic mass is 9.75. The molecule has 2 aliphatic rings. The molecule has 2 heteroatoms. The highest BCUT2D eigenvalue weighted by molar-refractivity contribution is 5.29. The number of hydrogen-bond donors (Lipinski definition) is 1. The molecule has 0 bridgehead atoms. The Morgan fingerprint density at radius 2 is 2.19 bits per heavy atom. The Kier molecular flexibility index (Phi) is 2.19. The highest BCUT2D eigenvalue weighted by atomic mass is 16.3. The summed E-state index contributed by atoms with van der Waals surface area (Å²) in [5.41, 5.74) is 2.81. The third-order valence-electron chi connectivity index (χ3n) is 4.02. The first kappa shape index (κ1) is 10.4. The van der Waals surface area contributed by atoms with Crippen molar-refractivity contribution in [2.24, 2.45) is 11.3 Å². The molecule has 1 N–H and O–H groups in total. The van der Waals surface area contributed by atoms with Gasteiger partial charge in [-0.3, -0.25) is 0 Å². The summed E-state index contributed by atoms with van der Waals surface area (Å²) < 4.78 is 2.39. The van der Waals surface area contributed by atoms with Gasteiger partial charge in [-0.2, -0.15) is 0 Å². The molecule has 1 fully saturated rings. The standard InChI is InChI=1S/C14H21NO/c1-14(2)7-12-11(13(16)8-14)5-6-15(12)9-10-3-4-10/h5-6,10,13,16H,3-4,7-9H2,1-2H3. The number of hydrogen-bond acceptors (Lipinski definition) is 1. The highest BCUT2D eigenvalue weighted by Crippen LogP contribution is 2.42. The van der Waals surface area contributed by atoms with Crippen molar-refractivity contribution in [2.45, 2.75) is 52.2 Å². The fraction of sp³-hybridized carbons (Fsp3) is 0.714. The zero-order valence-electron chi connectivity index (χ0n) is 10.2. The van der Waals surface area contributed by atoms with E-state index in [1.54, 1.807) is 0 Å². The van der Waals surface area contributed by atoms with E-state index in [1.165, 1.54) is 24.1 Å². The van der Waals surface area contributed by atoms with Crippen LogP contribution in [-0.2, 0) is 13.0 Å². The molecule has 0 aromatic carbocycles. The summed E-state index contributed by atoms with van der Waals surface area (Å²) in [4.78, 5) is 0. The number of nitrogens with zero attached hydrogens (tertiary/aromatic N) is 1. The molecular weight excluding hydrogens is 198 g/mol. The number of rotatable bonds is 2. The van der Waals surface area contributed by atoms with E-state index < -0.39 is 0 Å². The minimum atomic E-state index is -0.251. The maximum Gasteiger partial charge on any atom is 0.0812 e. The van der Waals surface area contributed by atoms with E-state index in [0.29, 0.717) is 0 Å². The molecule has 0 radical (unpaired) electrons. The number of aliphatic hydroxyl groups is 1. The van der Waals surface area contributed by atoms with Crippen molar-refractivity contribution in [2.75, 3.05) is 0 Å². The maximum absolute atomic E-state index is 10.1. The van der Waals surface area contributed by atoms with Gasteiger partial charge in [0.2, 0.25) is 0 Å². The third-order valence-corrected chi connectivity index (χ3v) is 4.02. The monoisotopic (exact) mass is 219 g/mol. The van der Waals surface area contributed by atoms with Crippen molar-refractivity contribution in [1.29, 1.82) is 0 Å². The summed E-state index contributed by atoms with van der Waals surface area (Å²) in [6.07, 6.45) is 6.71. The molecule has 1 aromatic rings. The molecule has 0 spiro atoms. The smallest absolute Gasteiger partial charge is 0.0812 e. The Balaban J connectivity index is 1.92. The first-order valence-corrected chi connectivity index (χ1v) is 6.41. The van der Waals surface area contributed by atoms with Crippen LogP contribution in [0.25, 0.3) is 0 Å². The molecule has 3 rings (SSSR count). The second-order valence-electron chi connectivity index (χ2n) is 6.37. The first-order chi connectivity index (χ1) is 7.55. The van der Waals surface area contributed by atoms with Crippen molar-refractivity contribution in [3.8, 4) is 0 Å². The van der Waals surface area contributed by atoms with E-state index in [4.69, 9.17) is 0 Å². The maximum atomic E-state index is 10.1. The van der Waals surface area contributed by atoms with Crippen molar-refractivity contribution in [3.63, 3.8) is 0 Å². The number of fused-ring (bicyclic) bond motifs is 1. The van der Waals surface area contributed by atoms with Crippen molar-refractivity contribution in [1.82, 2.24) is 4.57 Å². The summed E-state index contributed by atoms with van der Waals surface area (Å²) in [6, 6.07) is 2.12. The molecule has 2 nitrogen and oxygen atoms in total. The van der Waals surface area contributed by atoms with E-state index in [2.05, 4.69) is 30.7 Å². The summed E-state index contributed by atoms with van der Waals surface area (Å²) in [6.45, 7) is 5.68. The fourth-order valence-electron chi connectivity index (χ4n) is 2.94. The number of aliphatic hydroxyl groups excluding tert-OH is 1. The fourth-order valence-corrected chi connectivity index (χ4v) is 2.94. The zero-order valence-corrected chi connectivity index (χ0v) is 10.2. The molecule has 1 atom stereocenters. The van der Waals surface area contributed by atoms with E-state index >= 15 is 0 Å². The highest BCUT2D eigenvalue weighted by Gasteiger charge is 2.34. The van der Waals surface area contributed by atoms with Crippen LogP contribution in [0.3, 0.4) is 0 Å². The lowest BCUT2D eigenvalue weighted by Crippen LogP contribution is -2.26. The van der Waals surface area contributed by atoms with Crippen molar-refractivity contribution >= 4 is 0 Å².